The van der Waals surface area contributed by atoms with Crippen LogP contribution in [0.5, 0.6) is 0 Å². The third-order valence-electron chi connectivity index (χ3n) is 3.43. The number of hydrogen-bond acceptors (Lipinski definition) is 4. The van der Waals surface area contributed by atoms with Crippen LogP contribution in [0, 0.1) is 5.82 Å². The first-order valence-electron chi connectivity index (χ1n) is 7.49. The average molecular weight is 391 g/mol. The molecule has 1 saturated heterocycles. The van der Waals surface area contributed by atoms with Gasteiger partial charge in [0, 0.05) is 10.7 Å². The molecule has 0 aromatic heterocycles. The molecule has 132 valence electrons. The first-order valence-corrected chi connectivity index (χ1v) is 8.68. The number of hydrogen-bond donors (Lipinski definition) is 1. The fourth-order valence-electron chi connectivity index (χ4n) is 2.29. The van der Waals surface area contributed by atoms with Gasteiger partial charge in [0.25, 0.3) is 11.1 Å². The van der Waals surface area contributed by atoms with E-state index in [0.29, 0.717) is 28.0 Å². The summed E-state index contributed by atoms with van der Waals surface area (Å²) < 4.78 is 13.2. The smallest absolute Gasteiger partial charge is 0.294 e. The van der Waals surface area contributed by atoms with E-state index in [9.17, 15) is 18.8 Å². The number of benzene rings is 2. The van der Waals surface area contributed by atoms with Crippen LogP contribution in [0.15, 0.2) is 53.4 Å². The highest BCUT2D eigenvalue weighted by atomic mass is 35.5. The highest BCUT2D eigenvalue weighted by Crippen LogP contribution is 2.32. The van der Waals surface area contributed by atoms with Crippen molar-refractivity contribution in [2.24, 2.45) is 0 Å². The van der Waals surface area contributed by atoms with Crippen LogP contribution in [0.3, 0.4) is 0 Å². The van der Waals surface area contributed by atoms with Crippen molar-refractivity contribution < 1.29 is 18.8 Å². The third-order valence-corrected chi connectivity index (χ3v) is 4.57. The van der Waals surface area contributed by atoms with Crippen molar-refractivity contribution in [1.29, 1.82) is 0 Å². The zero-order valence-electron chi connectivity index (χ0n) is 13.2. The van der Waals surface area contributed by atoms with Crippen molar-refractivity contribution in [2.75, 3.05) is 11.9 Å². The Morgan fingerprint density at radius 3 is 2.69 bits per heavy atom. The van der Waals surface area contributed by atoms with Crippen molar-refractivity contribution in [3.05, 3.63) is 69.8 Å². The van der Waals surface area contributed by atoms with Crippen LogP contribution in [0.1, 0.15) is 5.56 Å². The summed E-state index contributed by atoms with van der Waals surface area (Å²) in [7, 11) is 0. The zero-order chi connectivity index (χ0) is 18.7. The molecule has 8 heteroatoms. The Labute approximate surface area is 157 Å². The quantitative estimate of drug-likeness (QED) is 0.796. The van der Waals surface area contributed by atoms with E-state index in [4.69, 9.17) is 11.6 Å². The molecule has 26 heavy (non-hydrogen) atoms. The van der Waals surface area contributed by atoms with Gasteiger partial charge >= 0.3 is 0 Å². The summed E-state index contributed by atoms with van der Waals surface area (Å²) in [6.07, 6.45) is 1.42. The van der Waals surface area contributed by atoms with Crippen LogP contribution in [0.2, 0.25) is 5.02 Å². The van der Waals surface area contributed by atoms with Crippen molar-refractivity contribution >= 4 is 52.2 Å². The predicted molar refractivity (Wildman–Crippen MR) is 99.2 cm³/mol. The Bertz CT molecular complexity index is 932. The van der Waals surface area contributed by atoms with Gasteiger partial charge in [0.1, 0.15) is 12.4 Å². The van der Waals surface area contributed by atoms with Crippen LogP contribution in [0.4, 0.5) is 14.9 Å². The predicted octanol–water partition coefficient (Wildman–Crippen LogP) is 4.15. The molecule has 0 atom stereocenters. The van der Waals surface area contributed by atoms with Gasteiger partial charge in [0.05, 0.1) is 4.91 Å². The summed E-state index contributed by atoms with van der Waals surface area (Å²) in [5, 5.41) is 2.47. The van der Waals surface area contributed by atoms with Gasteiger partial charge in [-0.25, -0.2) is 4.39 Å². The van der Waals surface area contributed by atoms with E-state index in [1.807, 2.05) is 0 Å². The molecule has 0 bridgehead atoms. The standard InChI is InChI=1S/C18H12ClFN2O3S/c19-12-4-2-6-14(9-12)21-16(23)10-22-17(24)15(26-18(22)25)8-11-3-1-5-13(20)7-11/h1-9H,10H2,(H,21,23)/b15-8+. The number of anilines is 1. The molecular weight excluding hydrogens is 379 g/mol. The number of carbonyl (C=O) groups excluding carboxylic acids is 3. The monoisotopic (exact) mass is 390 g/mol. The highest BCUT2D eigenvalue weighted by molar-refractivity contribution is 8.18. The minimum absolute atomic E-state index is 0.135. The van der Waals surface area contributed by atoms with E-state index in [0.717, 1.165) is 4.90 Å². The summed E-state index contributed by atoms with van der Waals surface area (Å²) in [6, 6.07) is 12.2. The molecule has 0 spiro atoms. The van der Waals surface area contributed by atoms with Crippen LogP contribution in [-0.4, -0.2) is 28.5 Å². The zero-order valence-corrected chi connectivity index (χ0v) is 14.8. The lowest BCUT2D eigenvalue weighted by Gasteiger charge is -2.12. The van der Waals surface area contributed by atoms with Gasteiger partial charge < -0.3 is 5.32 Å². The largest absolute Gasteiger partial charge is 0.324 e. The maximum atomic E-state index is 13.2. The molecule has 3 rings (SSSR count). The lowest BCUT2D eigenvalue weighted by Crippen LogP contribution is -2.36. The summed E-state index contributed by atoms with van der Waals surface area (Å²) in [5.74, 6) is -1.56. The van der Waals surface area contributed by atoms with Gasteiger partial charge in [-0.15, -0.1) is 0 Å². The molecular formula is C18H12ClFN2O3S. The van der Waals surface area contributed by atoms with Crippen LogP contribution in [-0.2, 0) is 9.59 Å². The number of rotatable bonds is 4. The van der Waals surface area contributed by atoms with E-state index in [-0.39, 0.29) is 4.91 Å². The normalized spacial score (nSPS) is 15.6. The third kappa shape index (κ3) is 4.30. The Hall–Kier alpha value is -2.64. The van der Waals surface area contributed by atoms with Gasteiger partial charge in [0.15, 0.2) is 0 Å². The van der Waals surface area contributed by atoms with Crippen LogP contribution >= 0.6 is 23.4 Å². The maximum Gasteiger partial charge on any atom is 0.294 e. The molecule has 1 fully saturated rings. The van der Waals surface area contributed by atoms with Crippen LogP contribution < -0.4 is 5.32 Å². The molecule has 1 aliphatic heterocycles. The lowest BCUT2D eigenvalue weighted by atomic mass is 10.2. The van der Waals surface area contributed by atoms with Gasteiger partial charge in [0.2, 0.25) is 5.91 Å². The fraction of sp³-hybridized carbons (Fsp3) is 0.0556. The number of amides is 3. The number of nitrogens with one attached hydrogen (secondary N) is 1. The van der Waals surface area contributed by atoms with Crippen LogP contribution in [0.25, 0.3) is 6.08 Å². The van der Waals surface area contributed by atoms with E-state index >= 15 is 0 Å². The second-order valence-electron chi connectivity index (χ2n) is 5.38. The van der Waals surface area contributed by atoms with Crippen molar-refractivity contribution in [3.63, 3.8) is 0 Å². The molecule has 1 heterocycles. The van der Waals surface area contributed by atoms with Gasteiger partial charge in [-0.2, -0.15) is 0 Å². The summed E-state index contributed by atoms with van der Waals surface area (Å²) in [4.78, 5) is 37.5. The Balaban J connectivity index is 1.70. The second-order valence-corrected chi connectivity index (χ2v) is 6.81. The Morgan fingerprint density at radius 1 is 1.19 bits per heavy atom. The minimum atomic E-state index is -0.592. The topological polar surface area (TPSA) is 66.5 Å². The Kier molecular flexibility index (Phi) is 5.39. The van der Waals surface area contributed by atoms with Gasteiger partial charge in [-0.05, 0) is 53.7 Å². The molecule has 2 aromatic rings. The number of imide groups is 1. The molecule has 0 saturated carbocycles. The van der Waals surface area contributed by atoms with E-state index < -0.39 is 29.4 Å². The average Bonchev–Trinajstić information content (AvgIpc) is 2.82. The highest BCUT2D eigenvalue weighted by Gasteiger charge is 2.36. The summed E-state index contributed by atoms with van der Waals surface area (Å²) in [5.41, 5.74) is 0.920. The van der Waals surface area contributed by atoms with Gasteiger partial charge in [-0.3, -0.25) is 19.3 Å². The maximum absolute atomic E-state index is 13.2. The molecule has 0 unspecified atom stereocenters. The lowest BCUT2D eigenvalue weighted by molar-refractivity contribution is -0.127. The first kappa shape index (κ1) is 18.2. The number of halogens is 2. The van der Waals surface area contributed by atoms with Crippen molar-refractivity contribution in [2.45, 2.75) is 0 Å². The molecule has 1 aliphatic rings. The summed E-state index contributed by atoms with van der Waals surface area (Å²) in [6.45, 7) is -0.419. The Morgan fingerprint density at radius 2 is 1.96 bits per heavy atom. The molecule has 5 nitrogen and oxygen atoms in total. The summed E-state index contributed by atoms with van der Waals surface area (Å²) >= 11 is 6.55. The van der Waals surface area contributed by atoms with E-state index in [2.05, 4.69) is 5.32 Å². The molecule has 1 N–H and O–H groups in total. The van der Waals surface area contributed by atoms with Crippen molar-refractivity contribution in [3.8, 4) is 0 Å². The first-order chi connectivity index (χ1) is 12.4. The van der Waals surface area contributed by atoms with E-state index in [1.54, 1.807) is 30.3 Å². The molecule has 3 amide bonds. The van der Waals surface area contributed by atoms with Crippen molar-refractivity contribution in [1.82, 2.24) is 4.90 Å². The fourth-order valence-corrected chi connectivity index (χ4v) is 3.32. The number of nitrogens with zero attached hydrogens (tertiary/aromatic N) is 1. The molecule has 2 aromatic carbocycles. The second kappa shape index (κ2) is 7.72. The molecule has 0 aliphatic carbocycles. The minimum Gasteiger partial charge on any atom is -0.324 e. The SMILES string of the molecule is O=C(CN1C(=O)S/C(=C/c2cccc(F)c2)C1=O)Nc1cccc(Cl)c1. The van der Waals surface area contributed by atoms with Gasteiger partial charge in [-0.1, -0.05) is 29.8 Å². The number of thioether (sulfide) groups is 1. The van der Waals surface area contributed by atoms with E-state index in [1.165, 1.54) is 24.3 Å². The number of carbonyl (C=O) groups is 3. The molecule has 0 radical (unpaired) electrons.